The van der Waals surface area contributed by atoms with Gasteiger partial charge in [-0.1, -0.05) is 29.5 Å². The third kappa shape index (κ3) is 4.32. The Bertz CT molecular complexity index is 988. The number of allylic oxidation sites excluding steroid dienone is 1. The quantitative estimate of drug-likeness (QED) is 0.519. The summed E-state index contributed by atoms with van der Waals surface area (Å²) in [7, 11) is 0. The number of ketones is 1. The van der Waals surface area contributed by atoms with Crippen LogP contribution in [-0.2, 0) is 11.3 Å². The zero-order chi connectivity index (χ0) is 21.3. The third-order valence-corrected chi connectivity index (χ3v) is 6.27. The van der Waals surface area contributed by atoms with E-state index in [-0.39, 0.29) is 35.0 Å². The van der Waals surface area contributed by atoms with Gasteiger partial charge in [-0.25, -0.2) is 13.9 Å². The number of hydrogen-bond acceptors (Lipinski definition) is 6. The predicted molar refractivity (Wildman–Crippen MR) is 111 cm³/mol. The summed E-state index contributed by atoms with van der Waals surface area (Å²) in [6.07, 6.45) is 5.51. The molecule has 1 N–H and O–H groups in total. The summed E-state index contributed by atoms with van der Waals surface area (Å²) in [4.78, 5) is 26.3. The van der Waals surface area contributed by atoms with E-state index >= 15 is 0 Å². The highest BCUT2D eigenvalue weighted by Gasteiger charge is 2.40. The average Bonchev–Trinajstić information content (AvgIpc) is 3.47. The Morgan fingerprint density at radius 2 is 2.07 bits per heavy atom. The number of carbonyl (C=O) groups excluding carboxylic acids is 1. The van der Waals surface area contributed by atoms with Gasteiger partial charge in [-0.15, -0.1) is 5.10 Å². The zero-order valence-electron chi connectivity index (χ0n) is 16.3. The number of carboxylic acid groups (broad SMARTS) is 1. The van der Waals surface area contributed by atoms with Gasteiger partial charge < -0.3 is 5.11 Å². The number of aromatic nitrogens is 3. The SMILES string of the molecule is O=C(O)c1cnnn1C/C=C1\CN(C(C(=O)C2CC2)c2ccccc2F)CCC1S. The summed E-state index contributed by atoms with van der Waals surface area (Å²) < 4.78 is 15.9. The molecule has 0 bridgehead atoms. The fourth-order valence-electron chi connectivity index (χ4n) is 3.89. The van der Waals surface area contributed by atoms with E-state index < -0.39 is 12.0 Å². The number of rotatable bonds is 7. The first-order chi connectivity index (χ1) is 14.5. The van der Waals surface area contributed by atoms with Crippen LogP contribution in [0, 0.1) is 11.7 Å². The second-order valence-electron chi connectivity index (χ2n) is 7.76. The third-order valence-electron chi connectivity index (χ3n) is 5.68. The Hall–Kier alpha value is -2.52. The number of thiol groups is 1. The Morgan fingerprint density at radius 1 is 1.30 bits per heavy atom. The molecule has 2 aliphatic rings. The molecule has 1 aromatic heterocycles. The van der Waals surface area contributed by atoms with E-state index in [4.69, 9.17) is 0 Å². The minimum Gasteiger partial charge on any atom is -0.476 e. The zero-order valence-corrected chi connectivity index (χ0v) is 17.2. The van der Waals surface area contributed by atoms with Gasteiger partial charge in [0, 0.05) is 29.8 Å². The summed E-state index contributed by atoms with van der Waals surface area (Å²) in [6, 6.07) is 5.84. The van der Waals surface area contributed by atoms with Gasteiger partial charge in [-0.3, -0.25) is 9.69 Å². The molecular weight excluding hydrogens is 407 g/mol. The van der Waals surface area contributed by atoms with Crippen LogP contribution in [0.1, 0.15) is 41.4 Å². The van der Waals surface area contributed by atoms with Crippen molar-refractivity contribution in [1.29, 1.82) is 0 Å². The molecule has 1 aliphatic carbocycles. The van der Waals surface area contributed by atoms with Gasteiger partial charge in [-0.05, 0) is 30.9 Å². The number of benzene rings is 1. The number of nitrogens with zero attached hydrogens (tertiary/aromatic N) is 4. The van der Waals surface area contributed by atoms with Crippen LogP contribution in [-0.4, -0.2) is 55.1 Å². The van der Waals surface area contributed by atoms with Crippen LogP contribution in [0.25, 0.3) is 0 Å². The average molecular weight is 431 g/mol. The van der Waals surface area contributed by atoms with Crippen molar-refractivity contribution in [3.05, 3.63) is 59.2 Å². The summed E-state index contributed by atoms with van der Waals surface area (Å²) in [5, 5.41) is 16.7. The van der Waals surface area contributed by atoms with Crippen LogP contribution < -0.4 is 0 Å². The molecule has 2 aromatic rings. The molecule has 4 rings (SSSR count). The fraction of sp³-hybridized carbons (Fsp3) is 0.429. The van der Waals surface area contributed by atoms with E-state index in [1.807, 2.05) is 11.0 Å². The molecule has 1 saturated heterocycles. The van der Waals surface area contributed by atoms with Crippen LogP contribution in [0.4, 0.5) is 4.39 Å². The second kappa shape index (κ2) is 8.69. The monoisotopic (exact) mass is 430 g/mol. The Kier molecular flexibility index (Phi) is 6.01. The van der Waals surface area contributed by atoms with E-state index in [2.05, 4.69) is 22.9 Å². The number of hydrogen-bond donors (Lipinski definition) is 2. The number of halogens is 1. The van der Waals surface area contributed by atoms with Crippen molar-refractivity contribution >= 4 is 24.4 Å². The van der Waals surface area contributed by atoms with Crippen molar-refractivity contribution in [2.45, 2.75) is 37.1 Å². The van der Waals surface area contributed by atoms with Crippen LogP contribution in [0.5, 0.6) is 0 Å². The minimum absolute atomic E-state index is 0.00312. The maximum absolute atomic E-state index is 14.6. The lowest BCUT2D eigenvalue weighted by Crippen LogP contribution is -2.42. The molecular formula is C21H23FN4O3S. The molecule has 2 unspecified atom stereocenters. The van der Waals surface area contributed by atoms with Crippen molar-refractivity contribution in [3.63, 3.8) is 0 Å². The van der Waals surface area contributed by atoms with Crippen molar-refractivity contribution in [2.24, 2.45) is 5.92 Å². The number of carboxylic acids is 1. The number of carbonyl (C=O) groups is 2. The van der Waals surface area contributed by atoms with E-state index in [9.17, 15) is 19.1 Å². The second-order valence-corrected chi connectivity index (χ2v) is 8.38. The Balaban J connectivity index is 1.58. The van der Waals surface area contributed by atoms with Gasteiger partial charge in [0.1, 0.15) is 5.82 Å². The topological polar surface area (TPSA) is 88.3 Å². The highest BCUT2D eigenvalue weighted by molar-refractivity contribution is 7.81. The molecule has 0 spiro atoms. The maximum Gasteiger partial charge on any atom is 0.355 e. The number of aromatic carboxylic acids is 1. The lowest BCUT2D eigenvalue weighted by atomic mass is 9.93. The predicted octanol–water partition coefficient (Wildman–Crippen LogP) is 2.77. The molecule has 0 radical (unpaired) electrons. The summed E-state index contributed by atoms with van der Waals surface area (Å²) in [5.74, 6) is -1.39. The standard InChI is InChI=1S/C21H23FN4O3S/c22-16-4-2-1-3-15(16)19(20(27)13-5-6-13)25-9-8-18(30)14(12-25)7-10-26-17(21(28)29)11-23-24-26/h1-4,7,11,13,18-19,30H,5-6,8-10,12H2,(H,28,29)/b14-7+. The first-order valence-corrected chi connectivity index (χ1v) is 10.5. The molecule has 1 aliphatic heterocycles. The van der Waals surface area contributed by atoms with Crippen LogP contribution >= 0.6 is 12.6 Å². The largest absolute Gasteiger partial charge is 0.476 e. The van der Waals surface area contributed by atoms with E-state index in [0.29, 0.717) is 25.1 Å². The van der Waals surface area contributed by atoms with Gasteiger partial charge in [0.25, 0.3) is 0 Å². The number of Topliss-reactive ketones (excluding diaryl/α,β-unsaturated/α-hetero) is 1. The van der Waals surface area contributed by atoms with Gasteiger partial charge in [-0.2, -0.15) is 12.6 Å². The molecule has 2 heterocycles. The first kappa shape index (κ1) is 20.7. The lowest BCUT2D eigenvalue weighted by molar-refractivity contribution is -0.126. The van der Waals surface area contributed by atoms with Crippen LogP contribution in [0.2, 0.25) is 0 Å². The van der Waals surface area contributed by atoms with Crippen molar-refractivity contribution in [3.8, 4) is 0 Å². The van der Waals surface area contributed by atoms with Crippen LogP contribution in [0.15, 0.2) is 42.1 Å². The summed E-state index contributed by atoms with van der Waals surface area (Å²) in [5.41, 5.74) is 1.38. The highest BCUT2D eigenvalue weighted by atomic mass is 32.1. The van der Waals surface area contributed by atoms with Gasteiger partial charge in [0.15, 0.2) is 11.5 Å². The van der Waals surface area contributed by atoms with Crippen molar-refractivity contribution in [2.75, 3.05) is 13.1 Å². The normalized spacial score (nSPS) is 22.2. The van der Waals surface area contributed by atoms with E-state index in [1.165, 1.54) is 16.9 Å². The van der Waals surface area contributed by atoms with Gasteiger partial charge >= 0.3 is 5.97 Å². The summed E-state index contributed by atoms with van der Waals surface area (Å²) >= 11 is 4.66. The molecule has 2 fully saturated rings. The van der Waals surface area contributed by atoms with E-state index in [0.717, 1.165) is 18.4 Å². The fourth-order valence-corrected chi connectivity index (χ4v) is 4.20. The van der Waals surface area contributed by atoms with Crippen molar-refractivity contribution < 1.29 is 19.1 Å². The molecule has 1 saturated carbocycles. The molecule has 0 amide bonds. The smallest absolute Gasteiger partial charge is 0.355 e. The van der Waals surface area contributed by atoms with E-state index in [1.54, 1.807) is 18.2 Å². The summed E-state index contributed by atoms with van der Waals surface area (Å²) in [6.45, 7) is 1.33. The maximum atomic E-state index is 14.6. The molecule has 158 valence electrons. The van der Waals surface area contributed by atoms with Gasteiger partial charge in [0.05, 0.1) is 18.8 Å². The lowest BCUT2D eigenvalue weighted by Gasteiger charge is -2.37. The molecule has 9 heteroatoms. The van der Waals surface area contributed by atoms with Crippen molar-refractivity contribution in [1.82, 2.24) is 19.9 Å². The molecule has 2 atom stereocenters. The first-order valence-electron chi connectivity index (χ1n) is 9.96. The van der Waals surface area contributed by atoms with Crippen LogP contribution in [0.3, 0.4) is 0 Å². The number of piperidine rings is 1. The molecule has 1 aromatic carbocycles. The Labute approximate surface area is 179 Å². The minimum atomic E-state index is -1.10. The molecule has 30 heavy (non-hydrogen) atoms. The molecule has 7 nitrogen and oxygen atoms in total. The Morgan fingerprint density at radius 3 is 2.77 bits per heavy atom. The number of likely N-dealkylation sites (tertiary alicyclic amines) is 1. The van der Waals surface area contributed by atoms with Gasteiger partial charge in [0.2, 0.25) is 0 Å². The highest BCUT2D eigenvalue weighted by Crippen LogP contribution is 2.39.